The molecule has 0 N–H and O–H groups in total. The van der Waals surface area contributed by atoms with Crippen LogP contribution in [0, 0.1) is 0 Å². The first-order chi connectivity index (χ1) is 16.5. The highest BCUT2D eigenvalue weighted by Gasteiger charge is 2.56. The molecule has 3 rings (SSSR count). The number of amides is 1. The molecule has 0 aromatic heterocycles. The van der Waals surface area contributed by atoms with E-state index in [2.05, 4.69) is 4.99 Å². The molecule has 2 aliphatic heterocycles. The molecule has 1 saturated heterocycles. The van der Waals surface area contributed by atoms with Crippen LogP contribution in [0.4, 0.5) is 0 Å². The van der Waals surface area contributed by atoms with Crippen molar-refractivity contribution in [3.05, 3.63) is 47.4 Å². The second-order valence-corrected chi connectivity index (χ2v) is 12.6. The van der Waals surface area contributed by atoms with Crippen LogP contribution in [0.1, 0.15) is 26.3 Å². The lowest BCUT2D eigenvalue weighted by atomic mass is 10.1. The number of phosphoric acid groups is 1. The quantitative estimate of drug-likeness (QED) is 0.0866. The molecule has 192 valence electrons. The fourth-order valence-corrected chi connectivity index (χ4v) is 6.07. The number of ether oxygens (including phenoxy) is 1. The molecule has 2 aliphatic rings. The lowest BCUT2D eigenvalue weighted by Gasteiger charge is -2.41. The number of thioether (sulfide) groups is 1. The smallest absolute Gasteiger partial charge is 0.456 e. The lowest BCUT2D eigenvalue weighted by Crippen LogP contribution is -2.61. The second-order valence-electron chi connectivity index (χ2n) is 7.32. The maximum absolute atomic E-state index is 13.0. The zero-order chi connectivity index (χ0) is 25.8. The lowest BCUT2D eigenvalue weighted by molar-refractivity contribution is -0.150. The Bertz CT molecular complexity index is 1050. The molecule has 0 bridgehead atoms. The van der Waals surface area contributed by atoms with Crippen molar-refractivity contribution in [3.8, 4) is 0 Å². The van der Waals surface area contributed by atoms with Crippen LogP contribution in [-0.2, 0) is 38.9 Å². The Morgan fingerprint density at radius 2 is 1.80 bits per heavy atom. The summed E-state index contributed by atoms with van der Waals surface area (Å²) in [4.78, 5) is 31.7. The number of alkyl halides is 3. The van der Waals surface area contributed by atoms with E-state index in [-0.39, 0.29) is 24.7 Å². The Morgan fingerprint density at radius 3 is 2.37 bits per heavy atom. The van der Waals surface area contributed by atoms with Crippen molar-refractivity contribution in [2.24, 2.45) is 4.99 Å². The molecule has 35 heavy (non-hydrogen) atoms. The van der Waals surface area contributed by atoms with Gasteiger partial charge < -0.3 is 9.26 Å². The highest BCUT2D eigenvalue weighted by Crippen LogP contribution is 2.52. The number of β-lactam (4-membered cyclic amide) rings is 1. The number of rotatable bonds is 11. The highest BCUT2D eigenvalue weighted by atomic mass is 35.6. The Kier molecular flexibility index (Phi) is 9.59. The summed E-state index contributed by atoms with van der Waals surface area (Å²) in [7, 11) is -4.07. The first-order valence-electron chi connectivity index (χ1n) is 10.6. The standard InChI is InChI=1S/C21H24Cl3N2O7PS/c1-4-31-34(29,32-5-2)33-13(3)17(20(28)30-12-21(22,23)24)26-18(27)16-19(26)35-15(25-16)11-14-9-7-6-8-10-14/h6-10,16,19H,4-5,11-12H2,1-3H3. The van der Waals surface area contributed by atoms with Gasteiger partial charge in [-0.3, -0.25) is 23.7 Å². The van der Waals surface area contributed by atoms with Gasteiger partial charge in [0.2, 0.25) is 3.79 Å². The van der Waals surface area contributed by atoms with Crippen molar-refractivity contribution in [2.75, 3.05) is 19.8 Å². The van der Waals surface area contributed by atoms with Gasteiger partial charge in [-0.05, 0) is 26.3 Å². The summed E-state index contributed by atoms with van der Waals surface area (Å²) in [6.45, 7) is 4.03. The van der Waals surface area contributed by atoms with Crippen LogP contribution in [0.25, 0.3) is 0 Å². The molecule has 0 radical (unpaired) electrons. The van der Waals surface area contributed by atoms with Crippen LogP contribution in [0.2, 0.25) is 0 Å². The van der Waals surface area contributed by atoms with Crippen LogP contribution in [0.3, 0.4) is 0 Å². The predicted octanol–water partition coefficient (Wildman–Crippen LogP) is 5.25. The van der Waals surface area contributed by atoms with Crippen molar-refractivity contribution < 1.29 is 32.5 Å². The monoisotopic (exact) mass is 584 g/mol. The maximum Gasteiger partial charge on any atom is 0.529 e. The summed E-state index contributed by atoms with van der Waals surface area (Å²) in [6.07, 6.45) is 0.537. The van der Waals surface area contributed by atoms with Gasteiger partial charge >= 0.3 is 13.8 Å². The molecule has 14 heteroatoms. The SMILES string of the molecule is CCOP(=O)(OCC)OC(C)=C(C(=O)OCC(Cl)(Cl)Cl)N1C(=O)C2N=C(Cc3ccccc3)SC21. The van der Waals surface area contributed by atoms with E-state index in [4.69, 9.17) is 53.1 Å². The van der Waals surface area contributed by atoms with Crippen LogP contribution in [0.5, 0.6) is 0 Å². The van der Waals surface area contributed by atoms with Crippen molar-refractivity contribution in [2.45, 2.75) is 42.4 Å². The number of phosphoric ester groups is 1. The molecule has 1 aromatic rings. The van der Waals surface area contributed by atoms with Crippen LogP contribution < -0.4 is 0 Å². The molecule has 0 saturated carbocycles. The van der Waals surface area contributed by atoms with Gasteiger partial charge in [0.1, 0.15) is 17.7 Å². The molecule has 2 atom stereocenters. The molecule has 1 amide bonds. The minimum absolute atomic E-state index is 0.0253. The van der Waals surface area contributed by atoms with Gasteiger partial charge in [0.15, 0.2) is 11.7 Å². The summed E-state index contributed by atoms with van der Waals surface area (Å²) in [5.74, 6) is -1.65. The average molecular weight is 586 g/mol. The molecule has 0 spiro atoms. The number of carbonyl (C=O) groups is 2. The number of allylic oxidation sites excluding steroid dienone is 1. The highest BCUT2D eigenvalue weighted by molar-refractivity contribution is 8.14. The van der Waals surface area contributed by atoms with E-state index < -0.39 is 41.5 Å². The molecule has 9 nitrogen and oxygen atoms in total. The first kappa shape index (κ1) is 28.3. The predicted molar refractivity (Wildman–Crippen MR) is 135 cm³/mol. The number of fused-ring (bicyclic) bond motifs is 1. The summed E-state index contributed by atoms with van der Waals surface area (Å²) in [6, 6.07) is 8.98. The van der Waals surface area contributed by atoms with Gasteiger partial charge in [-0.1, -0.05) is 76.9 Å². The van der Waals surface area contributed by atoms with E-state index in [0.717, 1.165) is 10.6 Å². The van der Waals surface area contributed by atoms with Crippen molar-refractivity contribution in [1.82, 2.24) is 4.90 Å². The summed E-state index contributed by atoms with van der Waals surface area (Å²) in [5.41, 5.74) is 0.736. The van der Waals surface area contributed by atoms with Crippen molar-refractivity contribution in [1.29, 1.82) is 0 Å². The number of hydrogen-bond acceptors (Lipinski definition) is 9. The molecular weight excluding hydrogens is 562 g/mol. The third-order valence-electron chi connectivity index (χ3n) is 4.71. The van der Waals surface area contributed by atoms with Crippen molar-refractivity contribution in [3.63, 3.8) is 0 Å². The number of halogens is 3. The van der Waals surface area contributed by atoms with Crippen LogP contribution >= 0.6 is 54.4 Å². The average Bonchev–Trinajstić information content (AvgIpc) is 3.14. The van der Waals surface area contributed by atoms with E-state index in [1.165, 1.54) is 23.6 Å². The number of carbonyl (C=O) groups excluding carboxylic acids is 2. The molecule has 2 unspecified atom stereocenters. The van der Waals surface area contributed by atoms with Gasteiger partial charge in [0.25, 0.3) is 5.91 Å². The van der Waals surface area contributed by atoms with E-state index in [0.29, 0.717) is 6.42 Å². The maximum atomic E-state index is 13.0. The second kappa shape index (κ2) is 11.9. The minimum Gasteiger partial charge on any atom is -0.456 e. The largest absolute Gasteiger partial charge is 0.529 e. The van der Waals surface area contributed by atoms with Gasteiger partial charge in [0, 0.05) is 6.42 Å². The fraction of sp³-hybridized carbons (Fsp3) is 0.476. The summed E-state index contributed by atoms with van der Waals surface area (Å²) >= 11 is 18.5. The molecule has 1 aromatic carbocycles. The van der Waals surface area contributed by atoms with E-state index >= 15 is 0 Å². The van der Waals surface area contributed by atoms with Gasteiger partial charge in [-0.2, -0.15) is 0 Å². The molecule has 1 fully saturated rings. The van der Waals surface area contributed by atoms with Crippen LogP contribution in [0.15, 0.2) is 46.8 Å². The molecule has 0 aliphatic carbocycles. The Labute approximate surface area is 222 Å². The van der Waals surface area contributed by atoms with Gasteiger partial charge in [-0.15, -0.1) is 0 Å². The Hall–Kier alpha value is -1.26. The van der Waals surface area contributed by atoms with E-state index in [1.54, 1.807) is 13.8 Å². The number of hydrogen-bond donors (Lipinski definition) is 0. The van der Waals surface area contributed by atoms with Crippen LogP contribution in [-0.4, -0.2) is 56.8 Å². The molecular formula is C21H24Cl3N2O7PS. The van der Waals surface area contributed by atoms with Crippen molar-refractivity contribution >= 4 is 71.3 Å². The zero-order valence-corrected chi connectivity index (χ0v) is 23.1. The summed E-state index contributed by atoms with van der Waals surface area (Å²) < 4.78 is 31.9. The van der Waals surface area contributed by atoms with E-state index in [9.17, 15) is 14.2 Å². The summed E-state index contributed by atoms with van der Waals surface area (Å²) in [5, 5.41) is 0.220. The third kappa shape index (κ3) is 7.16. The number of aliphatic imine (C=N–C) groups is 1. The fourth-order valence-electron chi connectivity index (χ4n) is 3.35. The minimum atomic E-state index is -4.07. The topological polar surface area (TPSA) is 104 Å². The van der Waals surface area contributed by atoms with Gasteiger partial charge in [0.05, 0.1) is 18.3 Å². The third-order valence-corrected chi connectivity index (χ3v) is 7.92. The van der Waals surface area contributed by atoms with E-state index in [1.807, 2.05) is 30.3 Å². The molecule has 2 heterocycles. The Balaban J connectivity index is 1.87. The normalized spacial score (nSPS) is 20.6. The first-order valence-corrected chi connectivity index (χ1v) is 14.1. The number of benzene rings is 1. The number of esters is 1. The number of likely N-dealkylation sites (tertiary alicyclic amines) is 1. The number of nitrogens with zero attached hydrogens (tertiary/aromatic N) is 2. The zero-order valence-electron chi connectivity index (χ0n) is 19.1. The Morgan fingerprint density at radius 1 is 1.17 bits per heavy atom. The van der Waals surface area contributed by atoms with Gasteiger partial charge in [-0.25, -0.2) is 9.36 Å².